The topological polar surface area (TPSA) is 25.2 Å². The molecule has 1 aromatic heterocycles. The summed E-state index contributed by atoms with van der Waals surface area (Å²) in [5, 5.41) is 2.72. The number of aromatic nitrogens is 1. The fraction of sp³-hybridized carbons (Fsp3) is 0.0800. The smallest absolute Gasteiger partial charge is 0.0546 e. The van der Waals surface area contributed by atoms with Crippen molar-refractivity contribution in [2.45, 2.75) is 13.0 Å². The Morgan fingerprint density at radius 3 is 2.14 bits per heavy atom. The Bertz CT molecular complexity index is 841. The summed E-state index contributed by atoms with van der Waals surface area (Å²) in [5.41, 5.74) is 2.40. The fourth-order valence-corrected chi connectivity index (χ4v) is 5.84. The molecule has 1 fully saturated rings. The molecular weight excluding hydrogens is 359 g/mol. The molecule has 137 valence electrons. The van der Waals surface area contributed by atoms with E-state index in [1.165, 1.54) is 22.2 Å². The van der Waals surface area contributed by atoms with Crippen molar-refractivity contribution >= 4 is 24.7 Å². The molecule has 0 amide bonds. The van der Waals surface area contributed by atoms with Crippen LogP contribution in [-0.4, -0.2) is 17.2 Å². The standard InChI is InChI=1S/C25H22N2P/c1-20(27-19-21-10-9-17-26-18-21)24-15-8-16-25(24)28(22-11-4-2-5-12-22)23-13-6-3-7-14-23/h2-20H,1H3/t20-/m1/s1. The quantitative estimate of drug-likeness (QED) is 0.447. The molecule has 2 aromatic carbocycles. The maximum atomic E-state index is 4.81. The Morgan fingerprint density at radius 1 is 0.857 bits per heavy atom. The van der Waals surface area contributed by atoms with Crippen LogP contribution in [-0.2, 0) is 0 Å². The molecule has 5 radical (unpaired) electrons. The Kier molecular flexibility index (Phi) is 6.29. The number of benzene rings is 2. The van der Waals surface area contributed by atoms with Gasteiger partial charge >= 0.3 is 0 Å². The van der Waals surface area contributed by atoms with Crippen LogP contribution in [0.3, 0.4) is 0 Å². The van der Waals surface area contributed by atoms with Crippen molar-refractivity contribution in [3.63, 3.8) is 0 Å². The molecule has 3 aromatic rings. The van der Waals surface area contributed by atoms with E-state index in [2.05, 4.69) is 91.8 Å². The molecule has 1 heterocycles. The number of pyridine rings is 1. The molecule has 0 unspecified atom stereocenters. The van der Waals surface area contributed by atoms with Crippen LogP contribution in [0.25, 0.3) is 0 Å². The minimum atomic E-state index is -0.613. The Hall–Kier alpha value is -2.31. The highest BCUT2D eigenvalue weighted by Gasteiger charge is 2.39. The Labute approximate surface area is 169 Å². The van der Waals surface area contributed by atoms with E-state index in [9.17, 15) is 0 Å². The lowest BCUT2D eigenvalue weighted by molar-refractivity contribution is 0.799. The number of aliphatic imine (C=N–C) groups is 1. The largest absolute Gasteiger partial charge is 0.289 e. The molecule has 0 saturated heterocycles. The van der Waals surface area contributed by atoms with Gasteiger partial charge in [-0.15, -0.1) is 0 Å². The van der Waals surface area contributed by atoms with Gasteiger partial charge in [-0.25, -0.2) is 0 Å². The van der Waals surface area contributed by atoms with E-state index in [0.29, 0.717) is 0 Å². The highest BCUT2D eigenvalue weighted by Crippen LogP contribution is 2.57. The van der Waals surface area contributed by atoms with Gasteiger partial charge in [0, 0.05) is 35.7 Å². The second-order valence-electron chi connectivity index (χ2n) is 6.61. The molecule has 0 bridgehead atoms. The van der Waals surface area contributed by atoms with Crippen LogP contribution in [0.2, 0.25) is 0 Å². The zero-order valence-electron chi connectivity index (χ0n) is 15.8. The van der Waals surface area contributed by atoms with E-state index in [-0.39, 0.29) is 6.04 Å². The SMILES string of the molecule is C[C@@H](N=Cc1cccnc1)[C]1[CH][CH][CH][C]1P(c1ccccc1)c1ccccc1. The van der Waals surface area contributed by atoms with Gasteiger partial charge in [0.25, 0.3) is 0 Å². The number of nitrogens with zero attached hydrogens (tertiary/aromatic N) is 2. The Balaban J connectivity index is 1.61. The predicted octanol–water partition coefficient (Wildman–Crippen LogP) is 4.75. The molecule has 1 aliphatic rings. The monoisotopic (exact) mass is 381 g/mol. The highest BCUT2D eigenvalue weighted by molar-refractivity contribution is 7.76. The van der Waals surface area contributed by atoms with Crippen LogP contribution in [0, 0.1) is 30.8 Å². The van der Waals surface area contributed by atoms with Gasteiger partial charge in [0.1, 0.15) is 0 Å². The first-order chi connectivity index (χ1) is 13.8. The second kappa shape index (κ2) is 9.26. The minimum absolute atomic E-state index is 0.0858. The average molecular weight is 381 g/mol. The van der Waals surface area contributed by atoms with E-state index in [1.807, 2.05) is 24.5 Å². The molecule has 4 rings (SSSR count). The van der Waals surface area contributed by atoms with Crippen molar-refractivity contribution in [1.29, 1.82) is 0 Å². The maximum absolute atomic E-state index is 4.81. The molecule has 3 heteroatoms. The van der Waals surface area contributed by atoms with Crippen molar-refractivity contribution in [1.82, 2.24) is 4.98 Å². The summed E-state index contributed by atoms with van der Waals surface area (Å²) in [5.74, 6) is 1.29. The van der Waals surface area contributed by atoms with Gasteiger partial charge in [-0.3, -0.25) is 9.98 Å². The van der Waals surface area contributed by atoms with Crippen molar-refractivity contribution in [3.8, 4) is 0 Å². The fourth-order valence-electron chi connectivity index (χ4n) is 3.29. The van der Waals surface area contributed by atoms with Gasteiger partial charge < -0.3 is 0 Å². The molecule has 28 heavy (non-hydrogen) atoms. The van der Waals surface area contributed by atoms with Gasteiger partial charge in [-0.05, 0) is 50.8 Å². The molecule has 0 aliphatic heterocycles. The molecule has 1 saturated carbocycles. The minimum Gasteiger partial charge on any atom is -0.289 e. The van der Waals surface area contributed by atoms with Crippen molar-refractivity contribution in [2.24, 2.45) is 4.99 Å². The normalized spacial score (nSPS) is 16.8. The summed E-state index contributed by atoms with van der Waals surface area (Å²) >= 11 is 0. The van der Waals surface area contributed by atoms with E-state index in [4.69, 9.17) is 4.99 Å². The second-order valence-corrected chi connectivity index (χ2v) is 8.80. The summed E-state index contributed by atoms with van der Waals surface area (Å²) in [6.45, 7) is 2.16. The highest BCUT2D eigenvalue weighted by atomic mass is 31.1. The van der Waals surface area contributed by atoms with Gasteiger partial charge in [-0.2, -0.15) is 0 Å². The van der Waals surface area contributed by atoms with Crippen LogP contribution in [0.15, 0.2) is 90.2 Å². The number of hydrogen-bond acceptors (Lipinski definition) is 2. The lowest BCUT2D eigenvalue weighted by Crippen LogP contribution is -2.23. The van der Waals surface area contributed by atoms with Gasteiger partial charge in [0.05, 0.1) is 6.04 Å². The molecule has 0 spiro atoms. The van der Waals surface area contributed by atoms with Crippen molar-refractivity contribution in [3.05, 3.63) is 122 Å². The van der Waals surface area contributed by atoms with Gasteiger partial charge in [0.15, 0.2) is 0 Å². The lowest BCUT2D eigenvalue weighted by Gasteiger charge is -2.30. The molecular formula is C25H22N2P. The first kappa shape index (κ1) is 19.0. The summed E-state index contributed by atoms with van der Waals surface area (Å²) in [6, 6.07) is 25.6. The summed E-state index contributed by atoms with van der Waals surface area (Å²) in [6.07, 6.45) is 12.2. The third kappa shape index (κ3) is 4.39. The molecule has 2 nitrogen and oxygen atoms in total. The van der Waals surface area contributed by atoms with Gasteiger partial charge in [0.2, 0.25) is 0 Å². The van der Waals surface area contributed by atoms with Crippen LogP contribution in [0.1, 0.15) is 12.5 Å². The third-order valence-corrected chi connectivity index (χ3v) is 7.20. The zero-order chi connectivity index (χ0) is 19.2. The maximum Gasteiger partial charge on any atom is 0.0546 e. The zero-order valence-corrected chi connectivity index (χ0v) is 16.7. The average Bonchev–Trinajstić information content (AvgIpc) is 3.24. The number of rotatable bonds is 6. The third-order valence-electron chi connectivity index (χ3n) is 4.68. The van der Waals surface area contributed by atoms with E-state index >= 15 is 0 Å². The predicted molar refractivity (Wildman–Crippen MR) is 120 cm³/mol. The van der Waals surface area contributed by atoms with Gasteiger partial charge in [-0.1, -0.05) is 66.7 Å². The first-order valence-corrected chi connectivity index (χ1v) is 10.8. The molecule has 1 atom stereocenters. The first-order valence-electron chi connectivity index (χ1n) is 9.42. The van der Waals surface area contributed by atoms with Crippen LogP contribution in [0.5, 0.6) is 0 Å². The molecule has 0 N–H and O–H groups in total. The summed E-state index contributed by atoms with van der Waals surface area (Å²) in [4.78, 5) is 8.98. The van der Waals surface area contributed by atoms with Crippen molar-refractivity contribution < 1.29 is 0 Å². The Morgan fingerprint density at radius 2 is 1.54 bits per heavy atom. The lowest BCUT2D eigenvalue weighted by atomic mass is 10.00. The number of hydrogen-bond donors (Lipinski definition) is 0. The summed E-state index contributed by atoms with van der Waals surface area (Å²) in [7, 11) is -0.613. The van der Waals surface area contributed by atoms with Crippen molar-refractivity contribution in [2.75, 3.05) is 0 Å². The van der Waals surface area contributed by atoms with E-state index in [1.54, 1.807) is 6.20 Å². The van der Waals surface area contributed by atoms with Crippen LogP contribution < -0.4 is 10.6 Å². The van der Waals surface area contributed by atoms with Crippen LogP contribution in [0.4, 0.5) is 0 Å². The summed E-state index contributed by atoms with van der Waals surface area (Å²) < 4.78 is 0. The van der Waals surface area contributed by atoms with E-state index < -0.39 is 7.92 Å². The van der Waals surface area contributed by atoms with Crippen LogP contribution >= 0.6 is 7.92 Å². The molecule has 1 aliphatic carbocycles. The van der Waals surface area contributed by atoms with E-state index in [0.717, 1.165) is 5.56 Å².